The molecule has 29 heavy (non-hydrogen) atoms. The lowest BCUT2D eigenvalue weighted by atomic mass is 10.1. The van der Waals surface area contributed by atoms with Crippen LogP contribution in [0.5, 0.6) is 0 Å². The predicted molar refractivity (Wildman–Crippen MR) is 114 cm³/mol. The van der Waals surface area contributed by atoms with Crippen LogP contribution in [0.15, 0.2) is 29.1 Å². The van der Waals surface area contributed by atoms with E-state index in [0.29, 0.717) is 29.3 Å². The number of aromatic nitrogens is 3. The van der Waals surface area contributed by atoms with E-state index < -0.39 is 0 Å². The van der Waals surface area contributed by atoms with Crippen LogP contribution in [0.25, 0.3) is 5.65 Å². The Hall–Kier alpha value is -2.60. The number of hydrogen-bond donors (Lipinski definition) is 1. The first-order valence-corrected chi connectivity index (χ1v) is 10.6. The summed E-state index contributed by atoms with van der Waals surface area (Å²) in [7, 11) is 0. The van der Waals surface area contributed by atoms with Crippen molar-refractivity contribution in [1.29, 1.82) is 0 Å². The Balaban J connectivity index is 1.74. The molecule has 1 amide bonds. The number of carbonyl (C=O) groups is 1. The first-order chi connectivity index (χ1) is 14.0. The molecule has 0 bridgehead atoms. The molecule has 0 radical (unpaired) electrons. The second-order valence-corrected chi connectivity index (χ2v) is 7.95. The molecule has 1 aliphatic rings. The number of nitrogens with zero attached hydrogens (tertiary/aromatic N) is 3. The summed E-state index contributed by atoms with van der Waals surface area (Å²) in [6, 6.07) is 7.01. The van der Waals surface area contributed by atoms with E-state index in [1.807, 2.05) is 6.92 Å². The van der Waals surface area contributed by atoms with Crippen LogP contribution in [-0.2, 0) is 25.8 Å². The van der Waals surface area contributed by atoms with Gasteiger partial charge in [0.1, 0.15) is 0 Å². The van der Waals surface area contributed by atoms with Crippen molar-refractivity contribution >= 4 is 23.2 Å². The fourth-order valence-corrected chi connectivity index (χ4v) is 4.34. The van der Waals surface area contributed by atoms with Gasteiger partial charge in [-0.2, -0.15) is 0 Å². The lowest BCUT2D eigenvalue weighted by Gasteiger charge is -2.22. The van der Waals surface area contributed by atoms with Gasteiger partial charge in [0, 0.05) is 28.3 Å². The fourth-order valence-electron chi connectivity index (χ4n) is 4.15. The van der Waals surface area contributed by atoms with Gasteiger partial charge in [-0.05, 0) is 50.3 Å². The average molecular weight is 413 g/mol. The van der Waals surface area contributed by atoms with Crippen LogP contribution in [0.2, 0.25) is 5.02 Å². The summed E-state index contributed by atoms with van der Waals surface area (Å²) >= 11 is 6.08. The van der Waals surface area contributed by atoms with Crippen LogP contribution in [0.3, 0.4) is 0 Å². The highest BCUT2D eigenvalue weighted by atomic mass is 35.5. The third kappa shape index (κ3) is 3.57. The van der Waals surface area contributed by atoms with Gasteiger partial charge in [-0.3, -0.25) is 14.7 Å². The van der Waals surface area contributed by atoms with Crippen molar-refractivity contribution in [2.45, 2.75) is 52.5 Å². The number of rotatable bonds is 6. The Morgan fingerprint density at radius 2 is 2.14 bits per heavy atom. The Kier molecular flexibility index (Phi) is 5.46. The number of H-pyrrole nitrogens is 1. The van der Waals surface area contributed by atoms with Gasteiger partial charge < -0.3 is 4.90 Å². The van der Waals surface area contributed by atoms with Gasteiger partial charge >= 0.3 is 0 Å². The monoisotopic (exact) mass is 412 g/mol. The summed E-state index contributed by atoms with van der Waals surface area (Å²) in [5.74, 6) is -0.0714. The Morgan fingerprint density at radius 1 is 1.31 bits per heavy atom. The standard InChI is InChI=1S/C22H25ClN4O2/c1-3-11-26(21(28)14-7-5-8-15(23)12-14)13-19-16(4-2)20-24-18-10-6-9-17(18)22(29)27(20)25-19/h5,7-8,12,25H,3-4,6,9-11,13H2,1-2H3. The number of benzene rings is 1. The third-order valence-electron chi connectivity index (χ3n) is 5.54. The number of halogens is 1. The molecule has 0 saturated carbocycles. The fraction of sp³-hybridized carbons (Fsp3) is 0.409. The lowest BCUT2D eigenvalue weighted by Crippen LogP contribution is -2.32. The van der Waals surface area contributed by atoms with Crippen LogP contribution in [0.1, 0.15) is 59.6 Å². The quantitative estimate of drug-likeness (QED) is 0.669. The van der Waals surface area contributed by atoms with E-state index in [4.69, 9.17) is 16.6 Å². The maximum atomic E-state index is 13.1. The number of nitrogens with one attached hydrogen (secondary N) is 1. The van der Waals surface area contributed by atoms with E-state index in [-0.39, 0.29) is 11.5 Å². The van der Waals surface area contributed by atoms with E-state index in [1.165, 1.54) is 0 Å². The Morgan fingerprint density at radius 3 is 2.86 bits per heavy atom. The summed E-state index contributed by atoms with van der Waals surface area (Å²) < 4.78 is 1.56. The van der Waals surface area contributed by atoms with Crippen molar-refractivity contribution < 1.29 is 4.79 Å². The second kappa shape index (κ2) is 8.03. The first-order valence-electron chi connectivity index (χ1n) is 10.2. The zero-order valence-corrected chi connectivity index (χ0v) is 17.6. The smallest absolute Gasteiger partial charge is 0.276 e. The molecule has 6 nitrogen and oxygen atoms in total. The summed E-state index contributed by atoms with van der Waals surface area (Å²) in [4.78, 5) is 32.6. The van der Waals surface area contributed by atoms with Gasteiger partial charge in [0.05, 0.1) is 17.9 Å². The van der Waals surface area contributed by atoms with E-state index in [0.717, 1.165) is 54.6 Å². The molecule has 1 N–H and O–H groups in total. The lowest BCUT2D eigenvalue weighted by molar-refractivity contribution is 0.0740. The molecule has 0 aliphatic heterocycles. The number of fused-ring (bicyclic) bond motifs is 2. The topological polar surface area (TPSA) is 70.5 Å². The number of hydrogen-bond acceptors (Lipinski definition) is 3. The highest BCUT2D eigenvalue weighted by Gasteiger charge is 2.24. The normalized spacial score (nSPS) is 13.1. The van der Waals surface area contributed by atoms with E-state index in [9.17, 15) is 9.59 Å². The molecule has 0 spiro atoms. The van der Waals surface area contributed by atoms with Crippen LogP contribution in [-0.4, -0.2) is 31.9 Å². The van der Waals surface area contributed by atoms with Gasteiger partial charge in [0.25, 0.3) is 11.5 Å². The minimum absolute atomic E-state index is 0.00772. The summed E-state index contributed by atoms with van der Waals surface area (Å²) in [5.41, 5.74) is 4.86. The van der Waals surface area contributed by atoms with Crippen molar-refractivity contribution in [2.24, 2.45) is 0 Å². The first kappa shape index (κ1) is 19.7. The molecule has 1 aliphatic carbocycles. The number of aromatic amines is 1. The SMILES string of the molecule is CCCN(Cc1[nH]n2c(=O)c3c(nc2c1CC)CCC3)C(=O)c1cccc(Cl)c1. The van der Waals surface area contributed by atoms with Gasteiger partial charge in [-0.25, -0.2) is 9.50 Å². The number of carbonyl (C=O) groups excluding carboxylic acids is 1. The van der Waals surface area contributed by atoms with Crippen LogP contribution in [0.4, 0.5) is 0 Å². The van der Waals surface area contributed by atoms with Crippen molar-refractivity contribution in [3.63, 3.8) is 0 Å². The molecule has 7 heteroatoms. The van der Waals surface area contributed by atoms with Crippen LogP contribution >= 0.6 is 11.6 Å². The van der Waals surface area contributed by atoms with Crippen molar-refractivity contribution in [1.82, 2.24) is 19.5 Å². The van der Waals surface area contributed by atoms with E-state index in [1.54, 1.807) is 33.7 Å². The molecule has 2 aromatic heterocycles. The summed E-state index contributed by atoms with van der Waals surface area (Å²) in [6.07, 6.45) is 4.20. The van der Waals surface area contributed by atoms with E-state index >= 15 is 0 Å². The molecule has 4 rings (SSSR count). The highest BCUT2D eigenvalue weighted by molar-refractivity contribution is 6.30. The molecule has 0 fully saturated rings. The molecule has 2 heterocycles. The largest absolute Gasteiger partial charge is 0.333 e. The van der Waals surface area contributed by atoms with Crippen molar-refractivity contribution in [2.75, 3.05) is 6.54 Å². The summed E-state index contributed by atoms with van der Waals surface area (Å²) in [6.45, 7) is 5.11. The number of aryl methyl sites for hydroxylation is 2. The van der Waals surface area contributed by atoms with Gasteiger partial charge in [0.15, 0.2) is 5.65 Å². The van der Waals surface area contributed by atoms with Crippen LogP contribution in [0, 0.1) is 0 Å². The molecular formula is C22H25ClN4O2. The Labute approximate surface area is 174 Å². The van der Waals surface area contributed by atoms with Crippen LogP contribution < -0.4 is 5.56 Å². The van der Waals surface area contributed by atoms with Gasteiger partial charge in [-0.15, -0.1) is 0 Å². The molecule has 3 aromatic rings. The van der Waals surface area contributed by atoms with E-state index in [2.05, 4.69) is 12.0 Å². The summed E-state index contributed by atoms with van der Waals surface area (Å²) in [5, 5.41) is 3.78. The zero-order valence-electron chi connectivity index (χ0n) is 16.8. The van der Waals surface area contributed by atoms with Crippen molar-refractivity contribution in [3.8, 4) is 0 Å². The highest BCUT2D eigenvalue weighted by Crippen LogP contribution is 2.22. The molecule has 0 saturated heterocycles. The predicted octanol–water partition coefficient (Wildman–Crippen LogP) is 3.78. The Bertz CT molecular complexity index is 1130. The molecule has 0 atom stereocenters. The van der Waals surface area contributed by atoms with Crippen molar-refractivity contribution in [3.05, 3.63) is 67.7 Å². The maximum Gasteiger partial charge on any atom is 0.276 e. The maximum absolute atomic E-state index is 13.1. The minimum atomic E-state index is -0.0714. The molecule has 152 valence electrons. The third-order valence-corrected chi connectivity index (χ3v) is 5.77. The van der Waals surface area contributed by atoms with Gasteiger partial charge in [-0.1, -0.05) is 31.5 Å². The van der Waals surface area contributed by atoms with Gasteiger partial charge in [0.2, 0.25) is 0 Å². The molecular weight excluding hydrogens is 388 g/mol. The average Bonchev–Trinajstić information content (AvgIpc) is 3.32. The molecule has 0 unspecified atom stereocenters. The molecule has 1 aromatic carbocycles. The number of amides is 1. The zero-order chi connectivity index (χ0) is 20.5. The second-order valence-electron chi connectivity index (χ2n) is 7.51. The minimum Gasteiger partial charge on any atom is -0.333 e.